The molecule has 0 saturated carbocycles. The van der Waals surface area contributed by atoms with Crippen molar-refractivity contribution in [3.63, 3.8) is 0 Å². The van der Waals surface area contributed by atoms with E-state index in [0.717, 1.165) is 15.8 Å². The van der Waals surface area contributed by atoms with Crippen LogP contribution in [0.2, 0.25) is 0 Å². The molecule has 2 aliphatic heterocycles. The molecule has 0 fully saturated rings. The van der Waals surface area contributed by atoms with E-state index < -0.39 is 0 Å². The number of aryl methyl sites for hydroxylation is 1. The second kappa shape index (κ2) is 4.25. The van der Waals surface area contributed by atoms with Crippen molar-refractivity contribution in [3.8, 4) is 0 Å². The van der Waals surface area contributed by atoms with E-state index in [9.17, 15) is 0 Å². The van der Waals surface area contributed by atoms with E-state index in [1.807, 2.05) is 0 Å². The molecule has 5 heteroatoms. The lowest BCUT2D eigenvalue weighted by Gasteiger charge is -2.13. The Morgan fingerprint density at radius 2 is 1.88 bits per heavy atom. The molecule has 0 radical (unpaired) electrons. The average Bonchev–Trinajstić information content (AvgIpc) is 2.81. The van der Waals surface area contributed by atoms with Crippen molar-refractivity contribution in [2.24, 2.45) is 20.0 Å². The van der Waals surface area contributed by atoms with Gasteiger partial charge in [-0.15, -0.1) is 0 Å². The van der Waals surface area contributed by atoms with Crippen LogP contribution in [0.1, 0.15) is 5.56 Å². The summed E-state index contributed by atoms with van der Waals surface area (Å²) in [7, 11) is 0. The number of hydrogen-bond acceptors (Lipinski definition) is 5. The van der Waals surface area contributed by atoms with E-state index in [2.05, 4.69) is 51.2 Å². The number of rotatable bonds is 1. The fourth-order valence-electron chi connectivity index (χ4n) is 1.60. The van der Waals surface area contributed by atoms with Gasteiger partial charge in [0.1, 0.15) is 17.7 Å². The molecule has 0 bridgehead atoms. The third kappa shape index (κ3) is 2.06. The number of hydrogen-bond donors (Lipinski definition) is 0. The number of fused-ring (bicyclic) bond motifs is 1. The Kier molecular flexibility index (Phi) is 2.60. The Morgan fingerprint density at radius 3 is 2.71 bits per heavy atom. The van der Waals surface area contributed by atoms with Gasteiger partial charge in [-0.3, -0.25) is 4.99 Å². The minimum atomic E-state index is -0.105. The quantitative estimate of drug-likeness (QED) is 0.745. The molecule has 0 aliphatic carbocycles. The summed E-state index contributed by atoms with van der Waals surface area (Å²) in [6, 6.07) is 8.25. The van der Waals surface area contributed by atoms with E-state index in [1.54, 1.807) is 24.4 Å². The van der Waals surface area contributed by atoms with E-state index >= 15 is 0 Å². The summed E-state index contributed by atoms with van der Waals surface area (Å²) < 4.78 is 0. The van der Waals surface area contributed by atoms with E-state index in [1.165, 1.54) is 5.56 Å². The van der Waals surface area contributed by atoms with E-state index in [4.69, 9.17) is 0 Å². The maximum atomic E-state index is 4.28. The van der Waals surface area contributed by atoms with E-state index in [0.29, 0.717) is 0 Å². The number of aliphatic imine (C=N–C) groups is 4. The fourth-order valence-corrected chi connectivity index (χ4v) is 2.49. The van der Waals surface area contributed by atoms with Crippen LogP contribution < -0.4 is 0 Å². The molecule has 0 saturated heterocycles. The first-order valence-corrected chi connectivity index (χ1v) is 6.09. The highest BCUT2D eigenvalue weighted by Gasteiger charge is 2.26. The van der Waals surface area contributed by atoms with Gasteiger partial charge in [-0.25, -0.2) is 15.0 Å². The third-order valence-electron chi connectivity index (χ3n) is 2.50. The fraction of sp³-hybridized carbons (Fsp3) is 0.167. The number of amidine groups is 1. The van der Waals surface area contributed by atoms with Crippen LogP contribution in [0.5, 0.6) is 0 Å². The van der Waals surface area contributed by atoms with Gasteiger partial charge in [0.15, 0.2) is 11.9 Å². The van der Waals surface area contributed by atoms with Crippen LogP contribution in [0.15, 0.2) is 49.1 Å². The Hall–Kier alpha value is -1.75. The van der Waals surface area contributed by atoms with Crippen molar-refractivity contribution in [3.05, 3.63) is 29.8 Å². The van der Waals surface area contributed by atoms with Crippen LogP contribution in [0.3, 0.4) is 0 Å². The standard InChI is InChI=1S/C12H10N4S/c1-8-2-4-9(5-3-8)17-12-10-11(14-6-13-10)15-7-16-12/h2-7,10H,1H3. The molecule has 0 aromatic heterocycles. The van der Waals surface area contributed by atoms with Crippen molar-refractivity contribution < 1.29 is 0 Å². The summed E-state index contributed by atoms with van der Waals surface area (Å²) in [5.74, 6) is 0.731. The molecule has 1 atom stereocenters. The minimum Gasteiger partial charge on any atom is -0.255 e. The molecule has 2 aliphatic rings. The van der Waals surface area contributed by atoms with Crippen LogP contribution in [0.25, 0.3) is 0 Å². The maximum absolute atomic E-state index is 4.28. The zero-order valence-corrected chi connectivity index (χ0v) is 10.1. The predicted molar refractivity (Wildman–Crippen MR) is 72.7 cm³/mol. The zero-order valence-electron chi connectivity index (χ0n) is 9.24. The molecule has 1 aromatic carbocycles. The number of benzene rings is 1. The van der Waals surface area contributed by atoms with Crippen LogP contribution in [-0.2, 0) is 0 Å². The van der Waals surface area contributed by atoms with Gasteiger partial charge >= 0.3 is 0 Å². The SMILES string of the molecule is Cc1ccc(SC2=NC=NC3=NC=NC32)cc1. The van der Waals surface area contributed by atoms with Crippen LogP contribution in [0.4, 0.5) is 0 Å². The molecule has 2 heterocycles. The first-order valence-electron chi connectivity index (χ1n) is 5.27. The molecule has 17 heavy (non-hydrogen) atoms. The monoisotopic (exact) mass is 242 g/mol. The molecule has 0 amide bonds. The van der Waals surface area contributed by atoms with Gasteiger partial charge < -0.3 is 0 Å². The summed E-state index contributed by atoms with van der Waals surface area (Å²) in [6.07, 6.45) is 3.09. The highest BCUT2D eigenvalue weighted by Crippen LogP contribution is 2.25. The molecular weight excluding hydrogens is 232 g/mol. The van der Waals surface area contributed by atoms with E-state index in [-0.39, 0.29) is 6.04 Å². The summed E-state index contributed by atoms with van der Waals surface area (Å²) in [5, 5.41) is 0.927. The first-order chi connectivity index (χ1) is 8.33. The Labute approximate surface area is 103 Å². The van der Waals surface area contributed by atoms with Gasteiger partial charge in [0.05, 0.1) is 0 Å². The lowest BCUT2D eigenvalue weighted by Crippen LogP contribution is -2.25. The lowest BCUT2D eigenvalue weighted by atomic mass is 10.2. The molecule has 4 nitrogen and oxygen atoms in total. The normalized spacial score (nSPS) is 21.1. The largest absolute Gasteiger partial charge is 0.255 e. The number of nitrogens with zero attached hydrogens (tertiary/aromatic N) is 4. The van der Waals surface area contributed by atoms with Crippen LogP contribution in [-0.4, -0.2) is 29.6 Å². The summed E-state index contributed by atoms with van der Waals surface area (Å²) in [4.78, 5) is 17.9. The van der Waals surface area contributed by atoms with Gasteiger partial charge in [-0.1, -0.05) is 29.5 Å². The molecule has 1 aromatic rings. The second-order valence-corrected chi connectivity index (χ2v) is 4.88. The van der Waals surface area contributed by atoms with Gasteiger partial charge in [-0.05, 0) is 19.1 Å². The molecule has 0 spiro atoms. The summed E-state index contributed by atoms with van der Waals surface area (Å²) in [5.41, 5.74) is 1.25. The maximum Gasteiger partial charge on any atom is 0.163 e. The summed E-state index contributed by atoms with van der Waals surface area (Å²) >= 11 is 1.61. The Bertz CT molecular complexity index is 554. The molecule has 3 rings (SSSR count). The van der Waals surface area contributed by atoms with Crippen molar-refractivity contribution in [2.75, 3.05) is 0 Å². The molecule has 84 valence electrons. The van der Waals surface area contributed by atoms with Crippen molar-refractivity contribution in [1.82, 2.24) is 0 Å². The average molecular weight is 242 g/mol. The molecule has 0 N–H and O–H groups in total. The second-order valence-electron chi connectivity index (χ2n) is 3.78. The van der Waals surface area contributed by atoms with Crippen molar-refractivity contribution in [2.45, 2.75) is 17.9 Å². The third-order valence-corrected chi connectivity index (χ3v) is 3.55. The minimum absolute atomic E-state index is 0.105. The predicted octanol–water partition coefficient (Wildman–Crippen LogP) is 2.34. The molecule has 1 unspecified atom stereocenters. The topological polar surface area (TPSA) is 49.4 Å². The first kappa shape index (κ1) is 10.4. The highest BCUT2D eigenvalue weighted by atomic mass is 32.2. The van der Waals surface area contributed by atoms with Crippen LogP contribution in [0, 0.1) is 6.92 Å². The zero-order chi connectivity index (χ0) is 11.7. The van der Waals surface area contributed by atoms with Gasteiger partial charge in [0.2, 0.25) is 0 Å². The molecular formula is C12H10N4S. The van der Waals surface area contributed by atoms with Crippen molar-refractivity contribution in [1.29, 1.82) is 0 Å². The Morgan fingerprint density at radius 1 is 1.06 bits per heavy atom. The van der Waals surface area contributed by atoms with Gasteiger partial charge in [0.25, 0.3) is 0 Å². The van der Waals surface area contributed by atoms with Gasteiger partial charge in [0, 0.05) is 4.90 Å². The highest BCUT2D eigenvalue weighted by molar-refractivity contribution is 8.14. The van der Waals surface area contributed by atoms with Gasteiger partial charge in [-0.2, -0.15) is 0 Å². The Balaban J connectivity index is 1.84. The van der Waals surface area contributed by atoms with Crippen LogP contribution >= 0.6 is 11.8 Å². The summed E-state index contributed by atoms with van der Waals surface area (Å²) in [6.45, 7) is 2.07. The number of thioether (sulfide) groups is 1. The van der Waals surface area contributed by atoms with Crippen molar-refractivity contribution >= 4 is 35.3 Å². The lowest BCUT2D eigenvalue weighted by molar-refractivity contribution is 1.16. The smallest absolute Gasteiger partial charge is 0.163 e.